The van der Waals surface area contributed by atoms with E-state index in [2.05, 4.69) is 162 Å². The summed E-state index contributed by atoms with van der Waals surface area (Å²) in [6.45, 7) is 17.9. The van der Waals surface area contributed by atoms with Crippen molar-refractivity contribution in [3.63, 3.8) is 0 Å². The standard InChI is InChI=1S/C46H50N4O/c1-9-10-15-32-20-23-40-39(26-32)38-22-21-37(29-41(38)49(40)42-27-34(24-25-47-42)46(6,7)8)51-36-19-14-18-35(28-36)50-45(31(4)5)43(44(48-50)30(2)3)33-16-12-11-13-17-33/h11-14,16-31H,9-10,15H2,1-8H3. The molecule has 0 N–H and O–H groups in total. The molecular formula is C46H50N4O. The molecule has 0 bridgehead atoms. The Labute approximate surface area is 302 Å². The minimum atomic E-state index is 0.00483. The molecule has 5 heteroatoms. The van der Waals surface area contributed by atoms with Crippen LogP contribution >= 0.6 is 0 Å². The first-order chi connectivity index (χ1) is 24.5. The highest BCUT2D eigenvalue weighted by atomic mass is 16.5. The van der Waals surface area contributed by atoms with Crippen LogP contribution < -0.4 is 4.74 Å². The monoisotopic (exact) mass is 674 g/mol. The lowest BCUT2D eigenvalue weighted by Crippen LogP contribution is -2.12. The number of nitrogens with zero attached hydrogens (tertiary/aromatic N) is 4. The number of benzene rings is 4. The Bertz CT molecular complexity index is 2320. The van der Waals surface area contributed by atoms with Gasteiger partial charge in [0.15, 0.2) is 0 Å². The Kier molecular flexibility index (Phi) is 9.32. The van der Waals surface area contributed by atoms with Crippen molar-refractivity contribution >= 4 is 21.8 Å². The molecule has 0 aliphatic heterocycles. The maximum atomic E-state index is 6.68. The summed E-state index contributed by atoms with van der Waals surface area (Å²) in [5.41, 5.74) is 10.6. The van der Waals surface area contributed by atoms with Crippen molar-refractivity contribution in [3.05, 3.63) is 132 Å². The van der Waals surface area contributed by atoms with E-state index >= 15 is 0 Å². The average molecular weight is 675 g/mol. The fraction of sp³-hybridized carbons (Fsp3) is 0.304. The second-order valence-corrected chi connectivity index (χ2v) is 15.5. The summed E-state index contributed by atoms with van der Waals surface area (Å²) in [5.74, 6) is 3.00. The molecule has 0 aliphatic rings. The SMILES string of the molecule is CCCCc1ccc2c(c1)c1ccc(Oc3cccc(-n4nc(C(C)C)c(-c5ccccc5)c4C(C)C)c3)cc1n2-c1cc(C(C)(C)C)ccn1. The van der Waals surface area contributed by atoms with Crippen LogP contribution in [0.15, 0.2) is 109 Å². The molecule has 0 fully saturated rings. The Balaban J connectivity index is 1.33. The summed E-state index contributed by atoms with van der Waals surface area (Å²) >= 11 is 0. The molecule has 3 heterocycles. The van der Waals surface area contributed by atoms with Gasteiger partial charge < -0.3 is 4.74 Å². The van der Waals surface area contributed by atoms with Gasteiger partial charge in [-0.1, -0.05) is 104 Å². The molecule has 5 nitrogen and oxygen atoms in total. The van der Waals surface area contributed by atoms with Crippen LogP contribution in [-0.4, -0.2) is 19.3 Å². The molecule has 51 heavy (non-hydrogen) atoms. The molecule has 0 atom stereocenters. The van der Waals surface area contributed by atoms with E-state index in [-0.39, 0.29) is 17.3 Å². The fourth-order valence-corrected chi connectivity index (χ4v) is 7.20. The summed E-state index contributed by atoms with van der Waals surface area (Å²) in [6, 6.07) is 36.7. The maximum Gasteiger partial charge on any atom is 0.137 e. The predicted molar refractivity (Wildman–Crippen MR) is 213 cm³/mol. The van der Waals surface area contributed by atoms with Crippen LogP contribution in [0.2, 0.25) is 0 Å². The van der Waals surface area contributed by atoms with E-state index in [4.69, 9.17) is 14.8 Å². The summed E-state index contributed by atoms with van der Waals surface area (Å²) < 4.78 is 11.1. The van der Waals surface area contributed by atoms with Crippen molar-refractivity contribution in [1.82, 2.24) is 19.3 Å². The van der Waals surface area contributed by atoms with Gasteiger partial charge in [-0.2, -0.15) is 5.10 Å². The quantitative estimate of drug-likeness (QED) is 0.145. The van der Waals surface area contributed by atoms with Crippen LogP contribution in [0.25, 0.3) is 44.4 Å². The zero-order chi connectivity index (χ0) is 35.9. The van der Waals surface area contributed by atoms with E-state index in [9.17, 15) is 0 Å². The number of ether oxygens (including phenoxy) is 1. The molecule has 7 aromatic rings. The highest BCUT2D eigenvalue weighted by Gasteiger charge is 2.24. The molecular weight excluding hydrogens is 625 g/mol. The third-order valence-electron chi connectivity index (χ3n) is 9.86. The van der Waals surface area contributed by atoms with Gasteiger partial charge in [0.2, 0.25) is 0 Å². The van der Waals surface area contributed by atoms with E-state index in [1.807, 2.05) is 12.3 Å². The Morgan fingerprint density at radius 3 is 2.24 bits per heavy atom. The lowest BCUT2D eigenvalue weighted by Gasteiger charge is -2.20. The fourth-order valence-electron chi connectivity index (χ4n) is 7.20. The van der Waals surface area contributed by atoms with Gasteiger partial charge in [0, 0.05) is 34.7 Å². The normalized spacial score (nSPS) is 12.1. The van der Waals surface area contributed by atoms with Crippen LogP contribution in [0.5, 0.6) is 11.5 Å². The first kappa shape index (κ1) is 34.3. The summed E-state index contributed by atoms with van der Waals surface area (Å²) in [5, 5.41) is 7.67. The number of fused-ring (bicyclic) bond motifs is 3. The average Bonchev–Trinajstić information content (AvgIpc) is 3.68. The van der Waals surface area contributed by atoms with E-state index in [0.717, 1.165) is 46.2 Å². The van der Waals surface area contributed by atoms with Gasteiger partial charge in [0.25, 0.3) is 0 Å². The number of rotatable bonds is 10. The van der Waals surface area contributed by atoms with Gasteiger partial charge in [-0.15, -0.1) is 0 Å². The predicted octanol–water partition coefficient (Wildman–Crippen LogP) is 12.7. The van der Waals surface area contributed by atoms with Crippen molar-refractivity contribution in [2.75, 3.05) is 0 Å². The lowest BCUT2D eigenvalue weighted by molar-refractivity contribution is 0.482. The van der Waals surface area contributed by atoms with Crippen molar-refractivity contribution < 1.29 is 4.74 Å². The van der Waals surface area contributed by atoms with Crippen molar-refractivity contribution in [2.24, 2.45) is 0 Å². The van der Waals surface area contributed by atoms with Gasteiger partial charge in [-0.25, -0.2) is 9.67 Å². The molecule has 0 aliphatic carbocycles. The van der Waals surface area contributed by atoms with Gasteiger partial charge in [-0.3, -0.25) is 4.57 Å². The number of hydrogen-bond donors (Lipinski definition) is 0. The van der Waals surface area contributed by atoms with Gasteiger partial charge >= 0.3 is 0 Å². The zero-order valence-electron chi connectivity index (χ0n) is 31.4. The first-order valence-electron chi connectivity index (χ1n) is 18.5. The summed E-state index contributed by atoms with van der Waals surface area (Å²) in [6.07, 6.45) is 5.37. The minimum absolute atomic E-state index is 0.00483. The number of pyridine rings is 1. The Morgan fingerprint density at radius 1 is 0.725 bits per heavy atom. The molecule has 3 aromatic heterocycles. The number of aromatic nitrogens is 4. The van der Waals surface area contributed by atoms with Crippen LogP contribution in [0.3, 0.4) is 0 Å². The van der Waals surface area contributed by atoms with Crippen molar-refractivity contribution in [2.45, 2.75) is 91.9 Å². The maximum absolute atomic E-state index is 6.68. The van der Waals surface area contributed by atoms with Crippen molar-refractivity contribution in [1.29, 1.82) is 0 Å². The molecule has 0 saturated carbocycles. The van der Waals surface area contributed by atoms with Crippen LogP contribution in [0, 0.1) is 0 Å². The lowest BCUT2D eigenvalue weighted by atomic mass is 9.88. The molecule has 0 radical (unpaired) electrons. The second-order valence-electron chi connectivity index (χ2n) is 15.5. The molecule has 0 saturated heterocycles. The van der Waals surface area contributed by atoms with Crippen LogP contribution in [0.4, 0.5) is 0 Å². The van der Waals surface area contributed by atoms with Gasteiger partial charge in [0.1, 0.15) is 17.3 Å². The largest absolute Gasteiger partial charge is 0.457 e. The minimum Gasteiger partial charge on any atom is -0.457 e. The van der Waals surface area contributed by atoms with E-state index in [1.54, 1.807) is 0 Å². The third-order valence-corrected chi connectivity index (χ3v) is 9.86. The number of hydrogen-bond acceptors (Lipinski definition) is 3. The van der Waals surface area contributed by atoms with Gasteiger partial charge in [-0.05, 0) is 95.3 Å². The zero-order valence-corrected chi connectivity index (χ0v) is 31.4. The Hall–Kier alpha value is -5.16. The number of aryl methyl sites for hydroxylation is 1. The topological polar surface area (TPSA) is 44.9 Å². The highest BCUT2D eigenvalue weighted by Crippen LogP contribution is 2.39. The van der Waals surface area contributed by atoms with Crippen LogP contribution in [0.1, 0.15) is 103 Å². The molecule has 0 amide bonds. The van der Waals surface area contributed by atoms with E-state index in [1.165, 1.54) is 51.6 Å². The summed E-state index contributed by atoms with van der Waals surface area (Å²) in [7, 11) is 0. The molecule has 260 valence electrons. The van der Waals surface area contributed by atoms with E-state index < -0.39 is 0 Å². The number of unbranched alkanes of at least 4 members (excludes halogenated alkanes) is 1. The third kappa shape index (κ3) is 6.70. The van der Waals surface area contributed by atoms with Crippen LogP contribution in [-0.2, 0) is 11.8 Å². The van der Waals surface area contributed by atoms with E-state index in [0.29, 0.717) is 0 Å². The second kappa shape index (κ2) is 13.9. The highest BCUT2D eigenvalue weighted by molar-refractivity contribution is 6.09. The molecule has 4 aromatic carbocycles. The first-order valence-corrected chi connectivity index (χ1v) is 18.5. The smallest absolute Gasteiger partial charge is 0.137 e. The molecule has 7 rings (SSSR count). The molecule has 0 unspecified atom stereocenters. The summed E-state index contributed by atoms with van der Waals surface area (Å²) in [4.78, 5) is 4.90. The molecule has 0 spiro atoms. The van der Waals surface area contributed by atoms with Crippen molar-refractivity contribution in [3.8, 4) is 34.1 Å². The van der Waals surface area contributed by atoms with Gasteiger partial charge in [0.05, 0.1) is 28.1 Å². The Morgan fingerprint density at radius 2 is 1.51 bits per heavy atom.